The largest absolute Gasteiger partial charge is 0.493 e. The Balaban J connectivity index is 1.68. The van der Waals surface area contributed by atoms with Gasteiger partial charge in [0.15, 0.2) is 23.8 Å². The maximum Gasteiger partial charge on any atom is 0.262 e. The first-order valence-corrected chi connectivity index (χ1v) is 7.46. The number of amides is 1. The number of para-hydroxylation sites is 2. The Hall–Kier alpha value is -3.09. The molecular formula is C17H18N4O3. The van der Waals surface area contributed by atoms with Crippen LogP contribution in [0.15, 0.2) is 36.5 Å². The molecule has 0 fully saturated rings. The molecule has 1 N–H and O–H groups in total. The number of fused-ring (bicyclic) bond motifs is 1. The molecule has 2 aromatic heterocycles. The summed E-state index contributed by atoms with van der Waals surface area (Å²) in [5, 5.41) is 7.06. The van der Waals surface area contributed by atoms with Crippen molar-refractivity contribution in [3.05, 3.63) is 47.9 Å². The highest BCUT2D eigenvalue weighted by Gasteiger charge is 2.10. The van der Waals surface area contributed by atoms with Gasteiger partial charge in [0, 0.05) is 0 Å². The maximum atomic E-state index is 12.1. The minimum atomic E-state index is -0.267. The zero-order valence-corrected chi connectivity index (χ0v) is 13.7. The highest BCUT2D eigenvalue weighted by atomic mass is 16.5. The molecule has 1 amide bonds. The van der Waals surface area contributed by atoms with Gasteiger partial charge in [0.2, 0.25) is 0 Å². The molecule has 3 aromatic rings. The first-order valence-electron chi connectivity index (χ1n) is 7.46. The van der Waals surface area contributed by atoms with E-state index in [2.05, 4.69) is 15.4 Å². The first kappa shape index (κ1) is 15.8. The van der Waals surface area contributed by atoms with Crippen molar-refractivity contribution >= 4 is 17.2 Å². The third kappa shape index (κ3) is 3.29. The van der Waals surface area contributed by atoms with Gasteiger partial charge in [0.1, 0.15) is 5.82 Å². The van der Waals surface area contributed by atoms with Gasteiger partial charge in [-0.15, -0.1) is 0 Å². The average Bonchev–Trinajstić information content (AvgIpc) is 2.94. The molecule has 24 heavy (non-hydrogen) atoms. The molecule has 0 aliphatic heterocycles. The van der Waals surface area contributed by atoms with Gasteiger partial charge in [-0.1, -0.05) is 12.1 Å². The van der Waals surface area contributed by atoms with Crippen LogP contribution in [0, 0.1) is 13.8 Å². The van der Waals surface area contributed by atoms with Crippen LogP contribution in [0.5, 0.6) is 11.5 Å². The standard InChI is InChI=1S/C17H18N4O3/c1-11-8-13(9-21-17(11)18-12(2)20-21)19-16(22)10-24-15-7-5-4-6-14(15)23-3/h4-9H,10H2,1-3H3,(H,19,22). The molecule has 2 heterocycles. The van der Waals surface area contributed by atoms with Crippen molar-refractivity contribution < 1.29 is 14.3 Å². The Morgan fingerprint density at radius 1 is 1.25 bits per heavy atom. The Morgan fingerprint density at radius 3 is 2.75 bits per heavy atom. The van der Waals surface area contributed by atoms with Crippen LogP contribution >= 0.6 is 0 Å². The Bertz CT molecular complexity index is 889. The highest BCUT2D eigenvalue weighted by molar-refractivity contribution is 5.92. The van der Waals surface area contributed by atoms with Gasteiger partial charge >= 0.3 is 0 Å². The van der Waals surface area contributed by atoms with E-state index in [0.717, 1.165) is 11.2 Å². The number of anilines is 1. The van der Waals surface area contributed by atoms with Crippen molar-refractivity contribution in [3.8, 4) is 11.5 Å². The third-order valence-electron chi connectivity index (χ3n) is 3.43. The molecule has 0 aliphatic rings. The predicted octanol–water partition coefficient (Wildman–Crippen LogP) is 2.37. The number of nitrogens with one attached hydrogen (secondary N) is 1. The normalized spacial score (nSPS) is 10.6. The van der Waals surface area contributed by atoms with E-state index < -0.39 is 0 Å². The number of methoxy groups -OCH3 is 1. The fourth-order valence-corrected chi connectivity index (χ4v) is 2.40. The number of ether oxygens (including phenoxy) is 2. The second-order valence-corrected chi connectivity index (χ2v) is 5.33. The summed E-state index contributed by atoms with van der Waals surface area (Å²) in [5.74, 6) is 1.52. The number of carbonyl (C=O) groups excluding carboxylic acids is 1. The summed E-state index contributed by atoms with van der Waals surface area (Å²) in [6.45, 7) is 3.63. The molecule has 124 valence electrons. The van der Waals surface area contributed by atoms with Crippen LogP contribution in [-0.4, -0.2) is 34.2 Å². The first-order chi connectivity index (χ1) is 11.6. The molecule has 3 rings (SSSR count). The van der Waals surface area contributed by atoms with Gasteiger partial charge in [-0.05, 0) is 37.6 Å². The van der Waals surface area contributed by atoms with Gasteiger partial charge in [-0.2, -0.15) is 5.10 Å². The van der Waals surface area contributed by atoms with Crippen molar-refractivity contribution in [1.82, 2.24) is 14.6 Å². The minimum Gasteiger partial charge on any atom is -0.493 e. The molecule has 7 nitrogen and oxygen atoms in total. The van der Waals surface area contributed by atoms with Crippen LogP contribution in [0.2, 0.25) is 0 Å². The number of carbonyl (C=O) groups is 1. The fraction of sp³-hybridized carbons (Fsp3) is 0.235. The van der Waals surface area contributed by atoms with Crippen LogP contribution in [0.4, 0.5) is 5.69 Å². The number of hydrogen-bond acceptors (Lipinski definition) is 5. The second-order valence-electron chi connectivity index (χ2n) is 5.33. The molecule has 0 unspecified atom stereocenters. The maximum absolute atomic E-state index is 12.1. The van der Waals surface area contributed by atoms with Gasteiger partial charge in [-0.3, -0.25) is 4.79 Å². The lowest BCUT2D eigenvalue weighted by Gasteiger charge is -2.11. The van der Waals surface area contributed by atoms with Crippen molar-refractivity contribution in [2.75, 3.05) is 19.0 Å². The van der Waals surface area contributed by atoms with E-state index in [4.69, 9.17) is 9.47 Å². The van der Waals surface area contributed by atoms with E-state index in [9.17, 15) is 4.79 Å². The van der Waals surface area contributed by atoms with Crippen molar-refractivity contribution in [3.63, 3.8) is 0 Å². The van der Waals surface area contributed by atoms with E-state index in [1.54, 1.807) is 30.0 Å². The van der Waals surface area contributed by atoms with E-state index in [-0.39, 0.29) is 12.5 Å². The monoisotopic (exact) mass is 326 g/mol. The summed E-state index contributed by atoms with van der Waals surface area (Å²) >= 11 is 0. The van der Waals surface area contributed by atoms with Crippen molar-refractivity contribution in [2.24, 2.45) is 0 Å². The minimum absolute atomic E-state index is 0.117. The van der Waals surface area contributed by atoms with Crippen LogP contribution in [0.1, 0.15) is 11.4 Å². The zero-order valence-electron chi connectivity index (χ0n) is 13.7. The Kier molecular flexibility index (Phi) is 4.33. The molecule has 1 aromatic carbocycles. The SMILES string of the molecule is COc1ccccc1OCC(=O)Nc1cc(C)c2nc(C)nn2c1. The topological polar surface area (TPSA) is 77.8 Å². The summed E-state index contributed by atoms with van der Waals surface area (Å²) in [5.41, 5.74) is 2.34. The molecule has 0 spiro atoms. The lowest BCUT2D eigenvalue weighted by Crippen LogP contribution is -2.20. The van der Waals surface area contributed by atoms with Crippen molar-refractivity contribution in [2.45, 2.75) is 13.8 Å². The number of pyridine rings is 1. The van der Waals surface area contributed by atoms with Gasteiger partial charge in [-0.25, -0.2) is 9.50 Å². The molecule has 0 saturated carbocycles. The summed E-state index contributed by atoms with van der Waals surface area (Å²) in [7, 11) is 1.56. The van der Waals surface area contributed by atoms with Crippen LogP contribution in [0.3, 0.4) is 0 Å². The van der Waals surface area contributed by atoms with Crippen LogP contribution in [-0.2, 0) is 4.79 Å². The smallest absolute Gasteiger partial charge is 0.262 e. The molecule has 0 bridgehead atoms. The number of hydrogen-bond donors (Lipinski definition) is 1. The second kappa shape index (κ2) is 6.57. The van der Waals surface area contributed by atoms with Crippen molar-refractivity contribution in [1.29, 1.82) is 0 Å². The van der Waals surface area contributed by atoms with Gasteiger partial charge in [0.25, 0.3) is 5.91 Å². The summed E-state index contributed by atoms with van der Waals surface area (Å²) < 4.78 is 12.4. The van der Waals surface area contributed by atoms with Crippen LogP contribution in [0.25, 0.3) is 5.65 Å². The van der Waals surface area contributed by atoms with E-state index in [1.165, 1.54) is 0 Å². The van der Waals surface area contributed by atoms with E-state index in [1.807, 2.05) is 32.0 Å². The predicted molar refractivity (Wildman–Crippen MR) is 89.6 cm³/mol. The lowest BCUT2D eigenvalue weighted by molar-refractivity contribution is -0.118. The molecule has 0 aliphatic carbocycles. The van der Waals surface area contributed by atoms with E-state index in [0.29, 0.717) is 23.0 Å². The van der Waals surface area contributed by atoms with Gasteiger partial charge in [0.05, 0.1) is 19.0 Å². The third-order valence-corrected chi connectivity index (χ3v) is 3.43. The highest BCUT2D eigenvalue weighted by Crippen LogP contribution is 2.25. The number of nitrogens with zero attached hydrogens (tertiary/aromatic N) is 3. The zero-order chi connectivity index (χ0) is 17.1. The summed E-state index contributed by atoms with van der Waals surface area (Å²) in [6, 6.07) is 9.03. The molecule has 0 radical (unpaired) electrons. The quantitative estimate of drug-likeness (QED) is 0.779. The number of rotatable bonds is 5. The number of benzene rings is 1. The average molecular weight is 326 g/mol. The Labute approximate surface area is 139 Å². The fourth-order valence-electron chi connectivity index (χ4n) is 2.40. The molecular weight excluding hydrogens is 308 g/mol. The number of aromatic nitrogens is 3. The molecule has 0 atom stereocenters. The van der Waals surface area contributed by atoms with E-state index >= 15 is 0 Å². The van der Waals surface area contributed by atoms with Crippen LogP contribution < -0.4 is 14.8 Å². The summed E-state index contributed by atoms with van der Waals surface area (Å²) in [6.07, 6.45) is 1.73. The van der Waals surface area contributed by atoms with Gasteiger partial charge < -0.3 is 14.8 Å². The lowest BCUT2D eigenvalue weighted by atomic mass is 10.3. The molecule has 0 saturated heterocycles. The Morgan fingerprint density at radius 2 is 2.00 bits per heavy atom. The number of aryl methyl sites for hydroxylation is 2. The molecule has 7 heteroatoms. The summed E-state index contributed by atoms with van der Waals surface area (Å²) in [4.78, 5) is 16.4.